The fourth-order valence-electron chi connectivity index (χ4n) is 4.34. The van der Waals surface area contributed by atoms with Gasteiger partial charge in [-0.25, -0.2) is 0 Å². The molecule has 33 heavy (non-hydrogen) atoms. The lowest BCUT2D eigenvalue weighted by Gasteiger charge is -2.03. The lowest BCUT2D eigenvalue weighted by Crippen LogP contribution is -1.86. The third-order valence-corrected chi connectivity index (χ3v) is 6.50. The van der Waals surface area contributed by atoms with Gasteiger partial charge in [-0.3, -0.25) is 0 Å². The lowest BCUT2D eigenvalue weighted by molar-refractivity contribution is 0.553. The maximum atomic E-state index is 3.24. The molecule has 0 nitrogen and oxygen atoms in total. The SMILES string of the molecule is CCCCCCCCCCCC#CC#CCCCCCCCCCCCCc1ccccc1. The molecule has 1 aromatic rings. The molecule has 0 fully saturated rings. The average molecular weight is 449 g/mol. The first-order valence-corrected chi connectivity index (χ1v) is 14.4. The predicted molar refractivity (Wildman–Crippen MR) is 148 cm³/mol. The quantitative estimate of drug-likeness (QED) is 0.129. The fraction of sp³-hybridized carbons (Fsp3) is 0.697. The molecule has 0 aliphatic rings. The fourth-order valence-corrected chi connectivity index (χ4v) is 4.34. The maximum absolute atomic E-state index is 3.24. The van der Waals surface area contributed by atoms with E-state index in [0.29, 0.717) is 0 Å². The monoisotopic (exact) mass is 448 g/mol. The van der Waals surface area contributed by atoms with Crippen LogP contribution in [0.3, 0.4) is 0 Å². The Balaban J connectivity index is 1.75. The minimum absolute atomic E-state index is 1.02. The average Bonchev–Trinajstić information content (AvgIpc) is 2.84. The number of hydrogen-bond acceptors (Lipinski definition) is 0. The molecule has 0 amide bonds. The molecule has 0 aliphatic heterocycles. The Labute approximate surface area is 207 Å². The molecule has 1 aromatic carbocycles. The van der Waals surface area contributed by atoms with Gasteiger partial charge in [0.2, 0.25) is 0 Å². The van der Waals surface area contributed by atoms with Crippen molar-refractivity contribution in [2.24, 2.45) is 0 Å². The molecule has 0 unspecified atom stereocenters. The van der Waals surface area contributed by atoms with Crippen molar-refractivity contribution in [2.75, 3.05) is 0 Å². The van der Waals surface area contributed by atoms with Crippen molar-refractivity contribution >= 4 is 0 Å². The molecule has 0 bridgehead atoms. The van der Waals surface area contributed by atoms with Crippen molar-refractivity contribution in [2.45, 2.75) is 148 Å². The Morgan fingerprint density at radius 3 is 1.30 bits per heavy atom. The van der Waals surface area contributed by atoms with Crippen LogP contribution in [0.4, 0.5) is 0 Å². The van der Waals surface area contributed by atoms with Crippen LogP contribution in [0.1, 0.15) is 147 Å². The van der Waals surface area contributed by atoms with Gasteiger partial charge in [-0.2, -0.15) is 0 Å². The Morgan fingerprint density at radius 2 is 0.848 bits per heavy atom. The van der Waals surface area contributed by atoms with Crippen LogP contribution in [0.5, 0.6) is 0 Å². The van der Waals surface area contributed by atoms with Gasteiger partial charge in [-0.1, -0.05) is 152 Å². The van der Waals surface area contributed by atoms with Gasteiger partial charge >= 0.3 is 0 Å². The van der Waals surface area contributed by atoms with Gasteiger partial charge in [0.1, 0.15) is 0 Å². The van der Waals surface area contributed by atoms with Crippen molar-refractivity contribution in [3.05, 3.63) is 35.9 Å². The van der Waals surface area contributed by atoms with Crippen molar-refractivity contribution in [1.82, 2.24) is 0 Å². The summed E-state index contributed by atoms with van der Waals surface area (Å²) in [6.45, 7) is 2.28. The van der Waals surface area contributed by atoms with E-state index < -0.39 is 0 Å². The molecule has 0 N–H and O–H groups in total. The van der Waals surface area contributed by atoms with Gasteiger partial charge in [-0.15, -0.1) is 0 Å². The van der Waals surface area contributed by atoms with Gasteiger partial charge in [0, 0.05) is 12.8 Å². The minimum atomic E-state index is 1.02. The van der Waals surface area contributed by atoms with E-state index in [4.69, 9.17) is 0 Å². The highest BCUT2D eigenvalue weighted by Crippen LogP contribution is 2.13. The van der Waals surface area contributed by atoms with Gasteiger partial charge < -0.3 is 0 Å². The third-order valence-electron chi connectivity index (χ3n) is 6.50. The zero-order valence-corrected chi connectivity index (χ0v) is 21.9. The normalized spacial score (nSPS) is 10.3. The maximum Gasteiger partial charge on any atom is 0.00989 e. The summed E-state index contributed by atoms with van der Waals surface area (Å²) in [6.07, 6.45) is 29.4. The van der Waals surface area contributed by atoms with Gasteiger partial charge in [0.15, 0.2) is 0 Å². The Bertz CT molecular complexity index is 633. The summed E-state index contributed by atoms with van der Waals surface area (Å²) in [4.78, 5) is 0. The summed E-state index contributed by atoms with van der Waals surface area (Å²) in [6, 6.07) is 10.9. The first-order valence-electron chi connectivity index (χ1n) is 14.4. The summed E-state index contributed by atoms with van der Waals surface area (Å²) in [7, 11) is 0. The zero-order chi connectivity index (χ0) is 23.5. The molecule has 0 heterocycles. The molecule has 0 aliphatic carbocycles. The van der Waals surface area contributed by atoms with Gasteiger partial charge in [-0.05, 0) is 43.1 Å². The Morgan fingerprint density at radius 1 is 0.455 bits per heavy atom. The summed E-state index contributed by atoms with van der Waals surface area (Å²) < 4.78 is 0. The molecule has 0 spiro atoms. The van der Waals surface area contributed by atoms with E-state index >= 15 is 0 Å². The molecule has 1 rings (SSSR count). The second-order valence-corrected chi connectivity index (χ2v) is 9.70. The minimum Gasteiger partial charge on any atom is -0.0891 e. The number of benzene rings is 1. The Hall–Kier alpha value is -1.66. The van der Waals surface area contributed by atoms with Crippen LogP contribution >= 0.6 is 0 Å². The number of aryl methyl sites for hydroxylation is 1. The number of hydrogen-bond donors (Lipinski definition) is 0. The van der Waals surface area contributed by atoms with E-state index in [1.54, 1.807) is 0 Å². The molecule has 0 heteroatoms. The third kappa shape index (κ3) is 21.9. The molecule has 0 aromatic heterocycles. The summed E-state index contributed by atoms with van der Waals surface area (Å²) in [5.74, 6) is 12.6. The predicted octanol–water partition coefficient (Wildman–Crippen LogP) is 10.4. The van der Waals surface area contributed by atoms with Crippen LogP contribution in [0.25, 0.3) is 0 Å². The van der Waals surface area contributed by atoms with Gasteiger partial charge in [0.25, 0.3) is 0 Å². The van der Waals surface area contributed by atoms with E-state index in [2.05, 4.69) is 60.9 Å². The highest BCUT2D eigenvalue weighted by atomic mass is 14.0. The first kappa shape index (κ1) is 29.4. The van der Waals surface area contributed by atoms with Crippen molar-refractivity contribution in [3.8, 4) is 23.7 Å². The molecule has 0 saturated carbocycles. The van der Waals surface area contributed by atoms with Crippen molar-refractivity contribution in [1.29, 1.82) is 0 Å². The molecular weight excluding hydrogens is 396 g/mol. The topological polar surface area (TPSA) is 0 Å². The number of unbranched alkanes of at least 4 members (excludes halogenated alkanes) is 19. The largest absolute Gasteiger partial charge is 0.0891 e. The highest BCUT2D eigenvalue weighted by Gasteiger charge is 1.95. The van der Waals surface area contributed by atoms with Crippen LogP contribution < -0.4 is 0 Å². The van der Waals surface area contributed by atoms with Crippen LogP contribution in [-0.2, 0) is 6.42 Å². The summed E-state index contributed by atoms with van der Waals surface area (Å²) >= 11 is 0. The van der Waals surface area contributed by atoms with Crippen LogP contribution in [0, 0.1) is 23.7 Å². The molecule has 0 saturated heterocycles. The van der Waals surface area contributed by atoms with Crippen LogP contribution in [0.15, 0.2) is 30.3 Å². The molecule has 0 radical (unpaired) electrons. The van der Waals surface area contributed by atoms with Crippen LogP contribution in [-0.4, -0.2) is 0 Å². The van der Waals surface area contributed by atoms with E-state index in [1.807, 2.05) is 0 Å². The second kappa shape index (κ2) is 25.0. The van der Waals surface area contributed by atoms with Crippen molar-refractivity contribution < 1.29 is 0 Å². The van der Waals surface area contributed by atoms with E-state index in [0.717, 1.165) is 12.8 Å². The molecular formula is C33H52. The number of rotatable bonds is 21. The van der Waals surface area contributed by atoms with E-state index in [1.165, 1.54) is 134 Å². The smallest absolute Gasteiger partial charge is 0.00989 e. The lowest BCUT2D eigenvalue weighted by atomic mass is 10.0. The zero-order valence-electron chi connectivity index (χ0n) is 21.9. The second-order valence-electron chi connectivity index (χ2n) is 9.70. The molecule has 184 valence electrons. The van der Waals surface area contributed by atoms with E-state index in [-0.39, 0.29) is 0 Å². The first-order chi connectivity index (χ1) is 16.4. The van der Waals surface area contributed by atoms with Crippen LogP contribution in [0.2, 0.25) is 0 Å². The highest BCUT2D eigenvalue weighted by molar-refractivity contribution is 5.25. The summed E-state index contributed by atoms with van der Waals surface area (Å²) in [5.41, 5.74) is 1.49. The Kier molecular flexibility index (Phi) is 22.2. The van der Waals surface area contributed by atoms with Gasteiger partial charge in [0.05, 0.1) is 0 Å². The van der Waals surface area contributed by atoms with Crippen molar-refractivity contribution in [3.63, 3.8) is 0 Å². The van der Waals surface area contributed by atoms with E-state index in [9.17, 15) is 0 Å². The standard InChI is InChI=1S/C33H52/c1-2-3-4-5-6-7-8-9-10-11-12-13-14-15-16-17-18-19-20-21-22-23-24-25-27-30-33-31-28-26-29-32-33/h26,28-29,31-32H,2-11,16-25,27,30H2,1H3. The molecule has 0 atom stereocenters. The summed E-state index contributed by atoms with van der Waals surface area (Å²) in [5, 5.41) is 0.